The summed E-state index contributed by atoms with van der Waals surface area (Å²) in [7, 11) is 0. The van der Waals surface area contributed by atoms with Crippen LogP contribution < -0.4 is 0 Å². The fourth-order valence-corrected chi connectivity index (χ4v) is 3.53. The van der Waals surface area contributed by atoms with Gasteiger partial charge in [0.25, 0.3) is 0 Å². The lowest BCUT2D eigenvalue weighted by Crippen LogP contribution is -2.19. The third kappa shape index (κ3) is 9.45. The standard InChI is InChI=1S/C19H36O3/c1-2-3-4-7-10-16-22-18-14-11-13-17(18)12-8-5-6-9-15-19(20)21/h17-18H,2-16H2,1H3,(H,20,21)/t17-,18-/m0/s1. The Hall–Kier alpha value is -0.570. The molecule has 0 aromatic carbocycles. The van der Waals surface area contributed by atoms with Gasteiger partial charge in [0, 0.05) is 13.0 Å². The zero-order valence-electron chi connectivity index (χ0n) is 14.5. The number of rotatable bonds is 14. The van der Waals surface area contributed by atoms with Crippen LogP contribution in [0.25, 0.3) is 0 Å². The average molecular weight is 312 g/mol. The molecular formula is C19H36O3. The predicted molar refractivity (Wildman–Crippen MR) is 91.2 cm³/mol. The van der Waals surface area contributed by atoms with Gasteiger partial charge >= 0.3 is 5.97 Å². The van der Waals surface area contributed by atoms with E-state index in [9.17, 15) is 4.79 Å². The summed E-state index contributed by atoms with van der Waals surface area (Å²) in [4.78, 5) is 10.5. The smallest absolute Gasteiger partial charge is 0.303 e. The third-order valence-corrected chi connectivity index (χ3v) is 4.88. The summed E-state index contributed by atoms with van der Waals surface area (Å²) in [5, 5.41) is 8.61. The Labute approximate surface area is 136 Å². The van der Waals surface area contributed by atoms with E-state index in [-0.39, 0.29) is 0 Å². The van der Waals surface area contributed by atoms with Crippen molar-refractivity contribution in [1.29, 1.82) is 0 Å². The molecule has 1 aliphatic rings. The van der Waals surface area contributed by atoms with E-state index in [0.717, 1.165) is 25.4 Å². The maximum absolute atomic E-state index is 10.5. The molecule has 0 heterocycles. The average Bonchev–Trinajstić information content (AvgIpc) is 2.93. The van der Waals surface area contributed by atoms with E-state index in [1.54, 1.807) is 0 Å². The lowest BCUT2D eigenvalue weighted by atomic mass is 9.97. The van der Waals surface area contributed by atoms with Crippen molar-refractivity contribution in [2.75, 3.05) is 6.61 Å². The second-order valence-corrected chi connectivity index (χ2v) is 6.86. The molecule has 1 fully saturated rings. The molecule has 0 aromatic heterocycles. The second kappa shape index (κ2) is 12.9. The topological polar surface area (TPSA) is 46.5 Å². The van der Waals surface area contributed by atoms with Gasteiger partial charge in [0.2, 0.25) is 0 Å². The zero-order chi connectivity index (χ0) is 16.0. The Morgan fingerprint density at radius 2 is 1.73 bits per heavy atom. The van der Waals surface area contributed by atoms with Gasteiger partial charge in [-0.05, 0) is 38.0 Å². The number of hydrogen-bond donors (Lipinski definition) is 1. The maximum Gasteiger partial charge on any atom is 0.303 e. The zero-order valence-corrected chi connectivity index (χ0v) is 14.5. The summed E-state index contributed by atoms with van der Waals surface area (Å²) in [6, 6.07) is 0. The molecule has 130 valence electrons. The Morgan fingerprint density at radius 3 is 2.50 bits per heavy atom. The van der Waals surface area contributed by atoms with Crippen LogP contribution in [0.4, 0.5) is 0 Å². The molecule has 0 saturated heterocycles. The molecule has 2 atom stereocenters. The van der Waals surface area contributed by atoms with Crippen LogP contribution in [0.3, 0.4) is 0 Å². The number of ether oxygens (including phenoxy) is 1. The summed E-state index contributed by atoms with van der Waals surface area (Å²) in [6.45, 7) is 3.20. The number of carbonyl (C=O) groups is 1. The number of carboxylic acids is 1. The van der Waals surface area contributed by atoms with Crippen molar-refractivity contribution in [3.8, 4) is 0 Å². The van der Waals surface area contributed by atoms with E-state index in [2.05, 4.69) is 6.92 Å². The molecule has 1 saturated carbocycles. The van der Waals surface area contributed by atoms with E-state index < -0.39 is 5.97 Å². The Balaban J connectivity index is 1.99. The van der Waals surface area contributed by atoms with Crippen LogP contribution in [0.1, 0.15) is 96.8 Å². The molecular weight excluding hydrogens is 276 g/mol. The van der Waals surface area contributed by atoms with Gasteiger partial charge in [0.05, 0.1) is 6.10 Å². The normalized spacial score (nSPS) is 21.3. The number of aliphatic carboxylic acids is 1. The van der Waals surface area contributed by atoms with Gasteiger partial charge in [-0.1, -0.05) is 58.3 Å². The third-order valence-electron chi connectivity index (χ3n) is 4.88. The van der Waals surface area contributed by atoms with Crippen molar-refractivity contribution >= 4 is 5.97 Å². The summed E-state index contributed by atoms with van der Waals surface area (Å²) in [5.74, 6) is 0.0957. The molecule has 0 aromatic rings. The van der Waals surface area contributed by atoms with Gasteiger partial charge in [0.15, 0.2) is 0 Å². The minimum Gasteiger partial charge on any atom is -0.481 e. The SMILES string of the molecule is CCCCCCCO[C@H]1CCC[C@@H]1CCCCCCC(=O)O. The van der Waals surface area contributed by atoms with Crippen molar-refractivity contribution < 1.29 is 14.6 Å². The molecule has 3 nitrogen and oxygen atoms in total. The van der Waals surface area contributed by atoms with Crippen molar-refractivity contribution in [1.82, 2.24) is 0 Å². The van der Waals surface area contributed by atoms with Crippen molar-refractivity contribution in [3.05, 3.63) is 0 Å². The molecule has 1 rings (SSSR count). The van der Waals surface area contributed by atoms with Gasteiger partial charge in [0.1, 0.15) is 0 Å². The molecule has 0 spiro atoms. The van der Waals surface area contributed by atoms with Gasteiger partial charge in [-0.15, -0.1) is 0 Å². The van der Waals surface area contributed by atoms with E-state index in [1.807, 2.05) is 0 Å². The lowest BCUT2D eigenvalue weighted by Gasteiger charge is -2.20. The van der Waals surface area contributed by atoms with E-state index in [0.29, 0.717) is 12.5 Å². The van der Waals surface area contributed by atoms with Crippen LogP contribution >= 0.6 is 0 Å². The summed E-state index contributed by atoms with van der Waals surface area (Å²) < 4.78 is 6.13. The molecule has 0 aliphatic heterocycles. The number of unbranched alkanes of at least 4 members (excludes halogenated alkanes) is 7. The molecule has 0 amide bonds. The highest BCUT2D eigenvalue weighted by Gasteiger charge is 2.27. The number of hydrogen-bond acceptors (Lipinski definition) is 2. The summed E-state index contributed by atoms with van der Waals surface area (Å²) in [5.41, 5.74) is 0. The quantitative estimate of drug-likeness (QED) is 0.427. The summed E-state index contributed by atoms with van der Waals surface area (Å²) >= 11 is 0. The minimum atomic E-state index is -0.664. The van der Waals surface area contributed by atoms with E-state index >= 15 is 0 Å². The van der Waals surface area contributed by atoms with Crippen LogP contribution in [0.5, 0.6) is 0 Å². The summed E-state index contributed by atoms with van der Waals surface area (Å²) in [6.07, 6.45) is 16.8. The van der Waals surface area contributed by atoms with Crippen LogP contribution in [-0.4, -0.2) is 23.8 Å². The van der Waals surface area contributed by atoms with E-state index in [4.69, 9.17) is 9.84 Å². The Morgan fingerprint density at radius 1 is 1.00 bits per heavy atom. The first-order valence-electron chi connectivity index (χ1n) is 9.57. The maximum atomic E-state index is 10.5. The predicted octanol–water partition coefficient (Wildman–Crippen LogP) is 5.57. The highest BCUT2D eigenvalue weighted by Crippen LogP contribution is 2.32. The van der Waals surface area contributed by atoms with Gasteiger partial charge in [-0.25, -0.2) is 0 Å². The number of carboxylic acid groups (broad SMARTS) is 1. The molecule has 0 bridgehead atoms. The Kier molecular flexibility index (Phi) is 11.4. The van der Waals surface area contributed by atoms with Gasteiger partial charge in [-0.2, -0.15) is 0 Å². The minimum absolute atomic E-state index is 0.327. The molecule has 0 unspecified atom stereocenters. The van der Waals surface area contributed by atoms with Crippen molar-refractivity contribution in [3.63, 3.8) is 0 Å². The fourth-order valence-electron chi connectivity index (χ4n) is 3.53. The first-order chi connectivity index (χ1) is 10.7. The van der Waals surface area contributed by atoms with Crippen molar-refractivity contribution in [2.24, 2.45) is 5.92 Å². The molecule has 0 radical (unpaired) electrons. The highest BCUT2D eigenvalue weighted by molar-refractivity contribution is 5.66. The second-order valence-electron chi connectivity index (χ2n) is 6.86. The van der Waals surface area contributed by atoms with Gasteiger partial charge < -0.3 is 9.84 Å². The van der Waals surface area contributed by atoms with Gasteiger partial charge in [-0.3, -0.25) is 4.79 Å². The van der Waals surface area contributed by atoms with Crippen LogP contribution in [0, 0.1) is 5.92 Å². The van der Waals surface area contributed by atoms with E-state index in [1.165, 1.54) is 70.6 Å². The Bertz CT molecular complexity index is 278. The van der Waals surface area contributed by atoms with Crippen LogP contribution in [0.15, 0.2) is 0 Å². The molecule has 22 heavy (non-hydrogen) atoms. The first kappa shape index (κ1) is 19.5. The molecule has 3 heteroatoms. The molecule has 1 N–H and O–H groups in total. The monoisotopic (exact) mass is 312 g/mol. The highest BCUT2D eigenvalue weighted by atomic mass is 16.5. The largest absolute Gasteiger partial charge is 0.481 e. The first-order valence-corrected chi connectivity index (χ1v) is 9.57. The lowest BCUT2D eigenvalue weighted by molar-refractivity contribution is -0.137. The molecule has 1 aliphatic carbocycles. The van der Waals surface area contributed by atoms with Crippen molar-refractivity contribution in [2.45, 2.75) is 103 Å². The van der Waals surface area contributed by atoms with Crippen LogP contribution in [0.2, 0.25) is 0 Å². The fraction of sp³-hybridized carbons (Fsp3) is 0.947. The van der Waals surface area contributed by atoms with Crippen LogP contribution in [-0.2, 0) is 9.53 Å².